The summed E-state index contributed by atoms with van der Waals surface area (Å²) in [6.07, 6.45) is -4.54. The molecular formula is C21H16BrF3N2O2. The largest absolute Gasteiger partial charge is 0.416 e. The molecule has 0 radical (unpaired) electrons. The lowest BCUT2D eigenvalue weighted by molar-refractivity contribution is -0.137. The van der Waals surface area contributed by atoms with Gasteiger partial charge in [-0.2, -0.15) is 13.2 Å². The zero-order valence-corrected chi connectivity index (χ0v) is 16.8. The highest BCUT2D eigenvalue weighted by Crippen LogP contribution is 2.30. The number of aromatic nitrogens is 1. The lowest BCUT2D eigenvalue weighted by Gasteiger charge is -2.14. The first-order chi connectivity index (χ1) is 13.7. The number of nitrogens with one attached hydrogen (secondary N) is 1. The Morgan fingerprint density at radius 1 is 1.07 bits per heavy atom. The van der Waals surface area contributed by atoms with Gasteiger partial charge in [-0.25, -0.2) is 0 Å². The summed E-state index contributed by atoms with van der Waals surface area (Å²) in [5.74, 6) is -0.601. The summed E-state index contributed by atoms with van der Waals surface area (Å²) in [5.41, 5.74) is -0.412. The Morgan fingerprint density at radius 3 is 2.48 bits per heavy atom. The molecule has 1 amide bonds. The van der Waals surface area contributed by atoms with Crippen LogP contribution in [0.4, 0.5) is 13.2 Å². The van der Waals surface area contributed by atoms with E-state index in [2.05, 4.69) is 21.2 Å². The predicted molar refractivity (Wildman–Crippen MR) is 107 cm³/mol. The number of nitrogens with zero attached hydrogens (tertiary/aromatic N) is 1. The van der Waals surface area contributed by atoms with Crippen molar-refractivity contribution in [3.63, 3.8) is 0 Å². The maximum absolute atomic E-state index is 13.0. The van der Waals surface area contributed by atoms with E-state index in [-0.39, 0.29) is 17.8 Å². The zero-order valence-electron chi connectivity index (χ0n) is 15.3. The van der Waals surface area contributed by atoms with Crippen molar-refractivity contribution in [2.75, 3.05) is 0 Å². The van der Waals surface area contributed by atoms with E-state index >= 15 is 0 Å². The first kappa shape index (κ1) is 20.9. The van der Waals surface area contributed by atoms with Crippen molar-refractivity contribution in [2.24, 2.45) is 0 Å². The van der Waals surface area contributed by atoms with E-state index in [1.165, 1.54) is 24.3 Å². The van der Waals surface area contributed by atoms with Crippen LogP contribution in [-0.4, -0.2) is 10.5 Å². The maximum atomic E-state index is 13.0. The smallest absolute Gasteiger partial charge is 0.348 e. The second-order valence-electron chi connectivity index (χ2n) is 6.39. The van der Waals surface area contributed by atoms with Crippen molar-refractivity contribution in [2.45, 2.75) is 19.6 Å². The third-order valence-corrected chi connectivity index (χ3v) is 4.79. The fourth-order valence-corrected chi connectivity index (χ4v) is 3.32. The van der Waals surface area contributed by atoms with Crippen LogP contribution in [0.1, 0.15) is 27.2 Å². The number of halogens is 4. The molecule has 0 aliphatic heterocycles. The monoisotopic (exact) mass is 464 g/mol. The molecule has 0 spiro atoms. The molecule has 0 atom stereocenters. The van der Waals surface area contributed by atoms with Crippen molar-refractivity contribution in [3.05, 3.63) is 97.9 Å². The van der Waals surface area contributed by atoms with E-state index in [1.54, 1.807) is 6.92 Å². The summed E-state index contributed by atoms with van der Waals surface area (Å²) in [4.78, 5) is 25.4. The Labute approximate surface area is 173 Å². The summed E-state index contributed by atoms with van der Waals surface area (Å²) >= 11 is 3.34. The highest BCUT2D eigenvalue weighted by molar-refractivity contribution is 9.10. The second-order valence-corrected chi connectivity index (χ2v) is 7.31. The van der Waals surface area contributed by atoms with Gasteiger partial charge in [0.15, 0.2) is 0 Å². The van der Waals surface area contributed by atoms with Crippen LogP contribution in [0.3, 0.4) is 0 Å². The van der Waals surface area contributed by atoms with Gasteiger partial charge in [-0.15, -0.1) is 0 Å². The molecule has 0 aliphatic carbocycles. The molecule has 4 nitrogen and oxygen atoms in total. The van der Waals surface area contributed by atoms with Crippen LogP contribution in [0.15, 0.2) is 69.9 Å². The molecule has 29 heavy (non-hydrogen) atoms. The molecule has 8 heteroatoms. The Balaban J connectivity index is 1.93. The van der Waals surface area contributed by atoms with Crippen molar-refractivity contribution in [1.29, 1.82) is 0 Å². The number of benzene rings is 2. The number of hydrogen-bond donors (Lipinski definition) is 1. The highest BCUT2D eigenvalue weighted by Gasteiger charge is 2.30. The lowest BCUT2D eigenvalue weighted by atomic mass is 10.1. The van der Waals surface area contributed by atoms with Gasteiger partial charge in [-0.3, -0.25) is 14.2 Å². The molecular weight excluding hydrogens is 449 g/mol. The Hall–Kier alpha value is -2.87. The third-order valence-electron chi connectivity index (χ3n) is 4.30. The van der Waals surface area contributed by atoms with Gasteiger partial charge in [-0.05, 0) is 55.0 Å². The molecule has 2 aromatic carbocycles. The molecule has 1 heterocycles. The number of alkyl halides is 3. The van der Waals surface area contributed by atoms with Gasteiger partial charge in [0.25, 0.3) is 11.5 Å². The summed E-state index contributed by atoms with van der Waals surface area (Å²) in [6, 6.07) is 14.6. The summed E-state index contributed by atoms with van der Waals surface area (Å²) < 4.78 is 41.0. The van der Waals surface area contributed by atoms with Crippen LogP contribution in [0.25, 0.3) is 5.69 Å². The van der Waals surface area contributed by atoms with E-state index in [9.17, 15) is 22.8 Å². The number of hydrogen-bond acceptors (Lipinski definition) is 2. The molecule has 0 saturated carbocycles. The van der Waals surface area contributed by atoms with Crippen molar-refractivity contribution in [3.8, 4) is 5.69 Å². The number of carbonyl (C=O) groups is 1. The SMILES string of the molecule is Cc1ccc(C(=O)NCc2cccc(Br)c2)c(=O)n1-c1cccc(C(F)(F)F)c1. The fourth-order valence-electron chi connectivity index (χ4n) is 2.87. The molecule has 0 fully saturated rings. The van der Waals surface area contributed by atoms with Crippen LogP contribution in [0, 0.1) is 6.92 Å². The third kappa shape index (κ3) is 4.76. The minimum absolute atomic E-state index is 0.0453. The molecule has 0 saturated heterocycles. The number of rotatable bonds is 4. The number of amides is 1. The van der Waals surface area contributed by atoms with Crippen LogP contribution in [0.5, 0.6) is 0 Å². The predicted octanol–water partition coefficient (Wildman–Crippen LogP) is 4.86. The topological polar surface area (TPSA) is 51.1 Å². The molecule has 1 aromatic heterocycles. The summed E-state index contributed by atoms with van der Waals surface area (Å²) in [7, 11) is 0. The van der Waals surface area contributed by atoms with Crippen LogP contribution >= 0.6 is 15.9 Å². The minimum atomic E-state index is -4.54. The molecule has 3 aromatic rings. The Morgan fingerprint density at radius 2 is 1.79 bits per heavy atom. The Kier molecular flexibility index (Phi) is 5.93. The number of pyridine rings is 1. The van der Waals surface area contributed by atoms with Crippen LogP contribution in [0.2, 0.25) is 0 Å². The van der Waals surface area contributed by atoms with Crippen molar-refractivity contribution < 1.29 is 18.0 Å². The van der Waals surface area contributed by atoms with E-state index in [4.69, 9.17) is 0 Å². The summed E-state index contributed by atoms with van der Waals surface area (Å²) in [6.45, 7) is 1.79. The zero-order chi connectivity index (χ0) is 21.2. The van der Waals surface area contributed by atoms with Crippen molar-refractivity contribution >= 4 is 21.8 Å². The molecule has 1 N–H and O–H groups in total. The standard InChI is InChI=1S/C21H16BrF3N2O2/c1-13-8-9-18(19(28)26-12-14-4-2-6-16(22)10-14)20(29)27(13)17-7-3-5-15(11-17)21(23,24)25/h2-11H,12H2,1H3,(H,26,28). The van der Waals surface area contributed by atoms with Gasteiger partial charge < -0.3 is 5.32 Å². The van der Waals surface area contributed by atoms with E-state index < -0.39 is 23.2 Å². The quantitative estimate of drug-likeness (QED) is 0.599. The van der Waals surface area contributed by atoms with E-state index in [0.29, 0.717) is 5.69 Å². The first-order valence-electron chi connectivity index (χ1n) is 8.60. The molecule has 0 unspecified atom stereocenters. The van der Waals surface area contributed by atoms with Gasteiger partial charge in [0.05, 0.1) is 5.56 Å². The number of aryl methyl sites for hydroxylation is 1. The van der Waals surface area contributed by atoms with Crippen molar-refractivity contribution in [1.82, 2.24) is 9.88 Å². The van der Waals surface area contributed by atoms with Gasteiger partial charge in [-0.1, -0.05) is 34.1 Å². The molecule has 3 rings (SSSR count). The fraction of sp³-hybridized carbons (Fsp3) is 0.143. The van der Waals surface area contributed by atoms with Crippen LogP contribution < -0.4 is 10.9 Å². The average Bonchev–Trinajstić information content (AvgIpc) is 2.66. The Bertz CT molecular complexity index is 1120. The maximum Gasteiger partial charge on any atom is 0.416 e. The van der Waals surface area contributed by atoms with Crippen LogP contribution in [-0.2, 0) is 12.7 Å². The van der Waals surface area contributed by atoms with Gasteiger partial charge >= 0.3 is 6.18 Å². The summed E-state index contributed by atoms with van der Waals surface area (Å²) in [5, 5.41) is 2.66. The van der Waals surface area contributed by atoms with E-state index in [1.807, 2.05) is 24.3 Å². The van der Waals surface area contributed by atoms with Gasteiger partial charge in [0, 0.05) is 22.4 Å². The highest BCUT2D eigenvalue weighted by atomic mass is 79.9. The minimum Gasteiger partial charge on any atom is -0.348 e. The van der Waals surface area contributed by atoms with Gasteiger partial charge in [0.2, 0.25) is 0 Å². The number of carbonyl (C=O) groups excluding carboxylic acids is 1. The van der Waals surface area contributed by atoms with E-state index in [0.717, 1.165) is 26.7 Å². The molecule has 0 aliphatic rings. The first-order valence-corrected chi connectivity index (χ1v) is 9.39. The molecule has 150 valence electrons. The molecule has 0 bridgehead atoms. The van der Waals surface area contributed by atoms with Gasteiger partial charge in [0.1, 0.15) is 5.56 Å². The second kappa shape index (κ2) is 8.24. The average molecular weight is 465 g/mol. The normalized spacial score (nSPS) is 11.3. The lowest BCUT2D eigenvalue weighted by Crippen LogP contribution is -2.33.